The zero-order valence-electron chi connectivity index (χ0n) is 22.6. The fourth-order valence-electron chi connectivity index (χ4n) is 4.83. The highest BCUT2D eigenvalue weighted by Gasteiger charge is 2.25. The Hall–Kier alpha value is -3.39. The fourth-order valence-corrected chi connectivity index (χ4v) is 4.83. The minimum atomic E-state index is -0.524. The van der Waals surface area contributed by atoms with Crippen LogP contribution < -0.4 is 5.69 Å². The molecule has 0 spiro atoms. The molecule has 0 radical (unpaired) electrons. The van der Waals surface area contributed by atoms with Crippen molar-refractivity contribution in [2.24, 2.45) is 11.8 Å². The first-order valence-electron chi connectivity index (χ1n) is 13.2. The molecule has 0 amide bonds. The van der Waals surface area contributed by atoms with Gasteiger partial charge in [-0.05, 0) is 82.9 Å². The number of nitrogens with zero attached hydrogens (tertiary/aromatic N) is 3. The highest BCUT2D eigenvalue weighted by Crippen LogP contribution is 2.32. The Labute approximate surface area is 223 Å². The van der Waals surface area contributed by atoms with Gasteiger partial charge in [-0.2, -0.15) is 10.1 Å². The van der Waals surface area contributed by atoms with Crippen molar-refractivity contribution in [3.8, 4) is 22.5 Å². The molecular formula is C30H36FN3O4. The minimum absolute atomic E-state index is 0.0473. The molecule has 4 rings (SSSR count). The van der Waals surface area contributed by atoms with Gasteiger partial charge in [-0.1, -0.05) is 36.4 Å². The largest absolute Gasteiger partial charge is 0.458 e. The first kappa shape index (κ1) is 27.6. The summed E-state index contributed by atoms with van der Waals surface area (Å²) < 4.78 is 27.3. The molecule has 202 valence electrons. The standard InChI is InChI=1S/C30H36FN3O4/c1-20-10-15-24(25(31)16-20)28-27(23-8-6-5-7-9-23)32-29(36)34(33-28)17-21-11-13-22(14-12-21)18-37-19-26(35)38-30(2,3)4/h5-10,15-16,21-22H,11-14,17-19H2,1-4H3/t21-,22-. The van der Waals surface area contributed by atoms with Crippen molar-refractivity contribution in [3.63, 3.8) is 0 Å². The van der Waals surface area contributed by atoms with Crippen LogP contribution in [-0.4, -0.2) is 39.5 Å². The Morgan fingerprint density at radius 1 is 1.03 bits per heavy atom. The molecule has 38 heavy (non-hydrogen) atoms. The summed E-state index contributed by atoms with van der Waals surface area (Å²) in [5.41, 5.74) is 1.61. The smallest absolute Gasteiger partial charge is 0.364 e. The maximum Gasteiger partial charge on any atom is 0.364 e. The first-order valence-corrected chi connectivity index (χ1v) is 13.2. The molecule has 1 heterocycles. The van der Waals surface area contributed by atoms with E-state index in [1.165, 1.54) is 10.7 Å². The molecular weight excluding hydrogens is 485 g/mol. The summed E-state index contributed by atoms with van der Waals surface area (Å²) in [5, 5.41) is 4.65. The van der Waals surface area contributed by atoms with Gasteiger partial charge in [0.2, 0.25) is 0 Å². The van der Waals surface area contributed by atoms with Gasteiger partial charge >= 0.3 is 11.7 Å². The molecule has 1 aliphatic carbocycles. The number of ether oxygens (including phenoxy) is 2. The molecule has 0 aliphatic heterocycles. The van der Waals surface area contributed by atoms with E-state index in [0.29, 0.717) is 41.6 Å². The van der Waals surface area contributed by atoms with Crippen LogP contribution in [0.4, 0.5) is 4.39 Å². The quantitative estimate of drug-likeness (QED) is 0.360. The lowest BCUT2D eigenvalue weighted by Gasteiger charge is -2.28. The van der Waals surface area contributed by atoms with Crippen molar-refractivity contribution >= 4 is 5.97 Å². The van der Waals surface area contributed by atoms with Gasteiger partial charge in [0.15, 0.2) is 0 Å². The second-order valence-corrected chi connectivity index (χ2v) is 11.1. The number of carbonyl (C=O) groups excluding carboxylic acids is 1. The minimum Gasteiger partial charge on any atom is -0.458 e. The van der Waals surface area contributed by atoms with Crippen LogP contribution in [0.2, 0.25) is 0 Å². The average Bonchev–Trinajstić information content (AvgIpc) is 2.86. The highest BCUT2D eigenvalue weighted by molar-refractivity contribution is 5.77. The Morgan fingerprint density at radius 2 is 1.71 bits per heavy atom. The lowest BCUT2D eigenvalue weighted by atomic mass is 9.82. The molecule has 0 unspecified atom stereocenters. The zero-order valence-corrected chi connectivity index (χ0v) is 22.6. The molecule has 8 heteroatoms. The van der Waals surface area contributed by atoms with Crippen LogP contribution in [0.5, 0.6) is 0 Å². The van der Waals surface area contributed by atoms with Crippen LogP contribution in [0, 0.1) is 24.6 Å². The molecule has 0 atom stereocenters. The number of benzene rings is 2. The van der Waals surface area contributed by atoms with Gasteiger partial charge in [-0.25, -0.2) is 18.7 Å². The van der Waals surface area contributed by atoms with Crippen molar-refractivity contribution in [1.29, 1.82) is 0 Å². The van der Waals surface area contributed by atoms with E-state index in [9.17, 15) is 9.59 Å². The monoisotopic (exact) mass is 521 g/mol. The molecule has 2 aromatic carbocycles. The van der Waals surface area contributed by atoms with Gasteiger partial charge in [0, 0.05) is 17.7 Å². The van der Waals surface area contributed by atoms with Crippen molar-refractivity contribution < 1.29 is 18.7 Å². The van der Waals surface area contributed by atoms with Crippen LogP contribution in [0.1, 0.15) is 52.0 Å². The van der Waals surface area contributed by atoms with E-state index in [0.717, 1.165) is 31.2 Å². The third-order valence-electron chi connectivity index (χ3n) is 6.69. The molecule has 0 N–H and O–H groups in total. The Morgan fingerprint density at radius 3 is 2.37 bits per heavy atom. The van der Waals surface area contributed by atoms with E-state index in [1.807, 2.05) is 64.1 Å². The van der Waals surface area contributed by atoms with E-state index in [1.54, 1.807) is 6.07 Å². The molecule has 1 aliphatic rings. The number of aryl methyl sites for hydroxylation is 1. The summed E-state index contributed by atoms with van der Waals surface area (Å²) in [6.45, 7) is 8.21. The summed E-state index contributed by atoms with van der Waals surface area (Å²) in [6, 6.07) is 14.3. The predicted octanol–water partition coefficient (Wildman–Crippen LogP) is 5.58. The topological polar surface area (TPSA) is 83.3 Å². The van der Waals surface area contributed by atoms with Crippen molar-refractivity contribution in [2.75, 3.05) is 13.2 Å². The van der Waals surface area contributed by atoms with Crippen LogP contribution in [0.25, 0.3) is 22.5 Å². The number of hydrogen-bond donors (Lipinski definition) is 0. The van der Waals surface area contributed by atoms with Gasteiger partial charge in [0.1, 0.15) is 29.4 Å². The molecule has 0 bridgehead atoms. The van der Waals surface area contributed by atoms with E-state index < -0.39 is 17.1 Å². The third-order valence-corrected chi connectivity index (χ3v) is 6.69. The predicted molar refractivity (Wildman–Crippen MR) is 144 cm³/mol. The van der Waals surface area contributed by atoms with Crippen LogP contribution in [0.3, 0.4) is 0 Å². The number of esters is 1. The summed E-state index contributed by atoms with van der Waals surface area (Å²) in [4.78, 5) is 29.2. The molecule has 7 nitrogen and oxygen atoms in total. The fraction of sp³-hybridized carbons (Fsp3) is 0.467. The van der Waals surface area contributed by atoms with Crippen LogP contribution >= 0.6 is 0 Å². The molecule has 1 aromatic heterocycles. The number of hydrogen-bond acceptors (Lipinski definition) is 6. The van der Waals surface area contributed by atoms with Gasteiger partial charge < -0.3 is 9.47 Å². The number of rotatable bonds is 8. The van der Waals surface area contributed by atoms with Gasteiger partial charge in [0.25, 0.3) is 0 Å². The van der Waals surface area contributed by atoms with E-state index in [2.05, 4.69) is 10.1 Å². The summed E-state index contributed by atoms with van der Waals surface area (Å²) in [5.74, 6) is -0.144. The van der Waals surface area contributed by atoms with Gasteiger partial charge in [-0.3, -0.25) is 0 Å². The Bertz CT molecular complexity index is 1310. The number of aromatic nitrogens is 3. The van der Waals surface area contributed by atoms with Crippen LogP contribution in [-0.2, 0) is 20.8 Å². The summed E-state index contributed by atoms with van der Waals surface area (Å²) >= 11 is 0. The number of halogens is 1. The van der Waals surface area contributed by atoms with E-state index in [-0.39, 0.29) is 18.5 Å². The summed E-state index contributed by atoms with van der Waals surface area (Å²) in [7, 11) is 0. The lowest BCUT2D eigenvalue weighted by molar-refractivity contribution is -0.160. The maximum atomic E-state index is 15.0. The Balaban J connectivity index is 1.44. The van der Waals surface area contributed by atoms with E-state index in [4.69, 9.17) is 9.47 Å². The number of carbonyl (C=O) groups is 1. The maximum absolute atomic E-state index is 15.0. The molecule has 0 saturated heterocycles. The Kier molecular flexibility index (Phi) is 8.72. The van der Waals surface area contributed by atoms with Gasteiger partial charge in [0.05, 0.1) is 6.61 Å². The SMILES string of the molecule is Cc1ccc(-c2nn(C[C@H]3CC[C@H](COCC(=O)OC(C)(C)C)CC3)c(=O)nc2-c2ccccc2)c(F)c1. The van der Waals surface area contributed by atoms with Gasteiger partial charge in [-0.15, -0.1) is 0 Å². The molecule has 1 fully saturated rings. The second-order valence-electron chi connectivity index (χ2n) is 11.1. The molecule has 1 saturated carbocycles. The summed E-state index contributed by atoms with van der Waals surface area (Å²) in [6.07, 6.45) is 3.68. The van der Waals surface area contributed by atoms with Crippen LogP contribution in [0.15, 0.2) is 53.3 Å². The highest BCUT2D eigenvalue weighted by atomic mass is 19.1. The van der Waals surface area contributed by atoms with Crippen molar-refractivity contribution in [3.05, 3.63) is 70.4 Å². The second kappa shape index (κ2) is 12.0. The third kappa shape index (κ3) is 7.34. The zero-order chi connectivity index (χ0) is 27.3. The van der Waals surface area contributed by atoms with E-state index >= 15 is 4.39 Å². The lowest BCUT2D eigenvalue weighted by Crippen LogP contribution is -2.32. The van der Waals surface area contributed by atoms with Crippen molar-refractivity contribution in [2.45, 2.75) is 65.5 Å². The van der Waals surface area contributed by atoms with Crippen molar-refractivity contribution in [1.82, 2.24) is 14.8 Å². The average molecular weight is 522 g/mol. The first-order chi connectivity index (χ1) is 18.1. The molecule has 3 aromatic rings. The normalized spacial score (nSPS) is 17.8.